The van der Waals surface area contributed by atoms with Crippen molar-refractivity contribution in [3.63, 3.8) is 0 Å². The lowest BCUT2D eigenvalue weighted by Gasteiger charge is -2.18. The standard InChI is InChI=1S/C14H24N4O/c1-11(2)8-17-14(19)10-18(3)9-12-5-4-6-16-13(12)7-15/h4-6,11H,7-10,15H2,1-3H3,(H,17,19). The van der Waals surface area contributed by atoms with Crippen LogP contribution in [0.1, 0.15) is 25.1 Å². The van der Waals surface area contributed by atoms with Crippen molar-refractivity contribution >= 4 is 5.91 Å². The van der Waals surface area contributed by atoms with E-state index in [0.29, 0.717) is 32.1 Å². The smallest absolute Gasteiger partial charge is 0.234 e. The molecule has 1 aromatic heterocycles. The number of carbonyl (C=O) groups is 1. The quantitative estimate of drug-likeness (QED) is 0.762. The summed E-state index contributed by atoms with van der Waals surface area (Å²) in [5, 5.41) is 2.91. The molecule has 0 radical (unpaired) electrons. The zero-order valence-corrected chi connectivity index (χ0v) is 12.0. The molecule has 1 aromatic rings. The molecule has 0 aliphatic heterocycles. The van der Waals surface area contributed by atoms with Crippen molar-refractivity contribution in [1.29, 1.82) is 0 Å². The fourth-order valence-electron chi connectivity index (χ4n) is 1.76. The fraction of sp³-hybridized carbons (Fsp3) is 0.571. The third-order valence-electron chi connectivity index (χ3n) is 2.74. The highest BCUT2D eigenvalue weighted by Crippen LogP contribution is 2.07. The van der Waals surface area contributed by atoms with Crippen LogP contribution < -0.4 is 11.1 Å². The van der Waals surface area contributed by atoms with E-state index >= 15 is 0 Å². The van der Waals surface area contributed by atoms with Crippen molar-refractivity contribution in [3.8, 4) is 0 Å². The van der Waals surface area contributed by atoms with E-state index in [1.165, 1.54) is 0 Å². The first-order valence-electron chi connectivity index (χ1n) is 6.61. The van der Waals surface area contributed by atoms with Crippen LogP contribution >= 0.6 is 0 Å². The minimum Gasteiger partial charge on any atom is -0.355 e. The average Bonchev–Trinajstić information content (AvgIpc) is 2.37. The number of aromatic nitrogens is 1. The molecule has 0 unspecified atom stereocenters. The maximum atomic E-state index is 11.7. The monoisotopic (exact) mass is 264 g/mol. The third-order valence-corrected chi connectivity index (χ3v) is 2.74. The minimum atomic E-state index is 0.0504. The summed E-state index contributed by atoms with van der Waals surface area (Å²) in [7, 11) is 1.92. The predicted molar refractivity (Wildman–Crippen MR) is 76.3 cm³/mol. The summed E-state index contributed by atoms with van der Waals surface area (Å²) < 4.78 is 0. The van der Waals surface area contributed by atoms with Crippen LogP contribution in [0.3, 0.4) is 0 Å². The van der Waals surface area contributed by atoms with Crippen molar-refractivity contribution in [1.82, 2.24) is 15.2 Å². The van der Waals surface area contributed by atoms with Crippen LogP contribution in [0.4, 0.5) is 0 Å². The van der Waals surface area contributed by atoms with E-state index < -0.39 is 0 Å². The van der Waals surface area contributed by atoms with E-state index in [2.05, 4.69) is 24.1 Å². The second kappa shape index (κ2) is 7.86. The van der Waals surface area contributed by atoms with Gasteiger partial charge in [-0.15, -0.1) is 0 Å². The summed E-state index contributed by atoms with van der Waals surface area (Å²) in [5.74, 6) is 0.519. The molecule has 0 bridgehead atoms. The van der Waals surface area contributed by atoms with E-state index in [4.69, 9.17) is 5.73 Å². The largest absolute Gasteiger partial charge is 0.355 e. The second-order valence-corrected chi connectivity index (χ2v) is 5.18. The molecule has 5 heteroatoms. The lowest BCUT2D eigenvalue weighted by atomic mass is 10.2. The summed E-state index contributed by atoms with van der Waals surface area (Å²) in [6, 6.07) is 3.89. The topological polar surface area (TPSA) is 71.2 Å². The zero-order valence-electron chi connectivity index (χ0n) is 12.0. The molecular formula is C14H24N4O. The Morgan fingerprint density at radius 3 is 2.89 bits per heavy atom. The van der Waals surface area contributed by atoms with Crippen LogP contribution in [0.15, 0.2) is 18.3 Å². The first kappa shape index (κ1) is 15.6. The molecule has 1 rings (SSSR count). The highest BCUT2D eigenvalue weighted by molar-refractivity contribution is 5.77. The molecule has 1 amide bonds. The first-order chi connectivity index (χ1) is 9.02. The summed E-state index contributed by atoms with van der Waals surface area (Å²) in [6.07, 6.45) is 1.74. The summed E-state index contributed by atoms with van der Waals surface area (Å²) in [4.78, 5) is 17.9. The van der Waals surface area contributed by atoms with E-state index in [1.54, 1.807) is 6.20 Å². The van der Waals surface area contributed by atoms with E-state index in [-0.39, 0.29) is 5.91 Å². The van der Waals surface area contributed by atoms with Gasteiger partial charge in [-0.25, -0.2) is 0 Å². The Morgan fingerprint density at radius 1 is 1.53 bits per heavy atom. The Kier molecular flexibility index (Phi) is 6.45. The first-order valence-corrected chi connectivity index (χ1v) is 6.61. The van der Waals surface area contributed by atoms with Crippen LogP contribution in [0.2, 0.25) is 0 Å². The predicted octanol–water partition coefficient (Wildman–Crippen LogP) is 0.744. The number of carbonyl (C=O) groups excluding carboxylic acids is 1. The van der Waals surface area contributed by atoms with Gasteiger partial charge in [-0.2, -0.15) is 0 Å². The molecule has 0 aliphatic rings. The Morgan fingerprint density at radius 2 is 2.26 bits per heavy atom. The van der Waals surface area contributed by atoms with Gasteiger partial charge in [0.15, 0.2) is 0 Å². The van der Waals surface area contributed by atoms with Crippen molar-refractivity contribution < 1.29 is 4.79 Å². The molecule has 19 heavy (non-hydrogen) atoms. The Labute approximate surface area is 115 Å². The van der Waals surface area contributed by atoms with E-state index in [1.807, 2.05) is 24.1 Å². The number of nitrogens with two attached hydrogens (primary N) is 1. The van der Waals surface area contributed by atoms with Crippen LogP contribution in [0.25, 0.3) is 0 Å². The van der Waals surface area contributed by atoms with Gasteiger partial charge >= 0.3 is 0 Å². The molecule has 106 valence electrons. The van der Waals surface area contributed by atoms with Gasteiger partial charge in [0.2, 0.25) is 5.91 Å². The molecule has 5 nitrogen and oxygen atoms in total. The third kappa shape index (κ3) is 5.81. The van der Waals surface area contributed by atoms with Gasteiger partial charge in [0.25, 0.3) is 0 Å². The number of hydrogen-bond acceptors (Lipinski definition) is 4. The summed E-state index contributed by atoms with van der Waals surface area (Å²) in [5.41, 5.74) is 7.61. The van der Waals surface area contributed by atoms with Crippen LogP contribution in [0, 0.1) is 5.92 Å². The number of nitrogens with one attached hydrogen (secondary N) is 1. The van der Waals surface area contributed by atoms with Gasteiger partial charge in [0, 0.05) is 25.8 Å². The molecule has 0 aliphatic carbocycles. The van der Waals surface area contributed by atoms with Gasteiger partial charge in [-0.3, -0.25) is 14.7 Å². The SMILES string of the molecule is CC(C)CNC(=O)CN(C)Cc1cccnc1CN. The lowest BCUT2D eigenvalue weighted by molar-refractivity contribution is -0.122. The number of amides is 1. The second-order valence-electron chi connectivity index (χ2n) is 5.18. The molecule has 0 fully saturated rings. The highest BCUT2D eigenvalue weighted by atomic mass is 16.2. The highest BCUT2D eigenvalue weighted by Gasteiger charge is 2.09. The summed E-state index contributed by atoms with van der Waals surface area (Å²) >= 11 is 0. The molecule has 0 spiro atoms. The van der Waals surface area contributed by atoms with Crippen molar-refractivity contribution in [2.45, 2.75) is 26.9 Å². The Balaban J connectivity index is 2.46. The summed E-state index contributed by atoms with van der Waals surface area (Å²) in [6.45, 7) is 6.35. The number of likely N-dealkylation sites (N-methyl/N-ethyl adjacent to an activating group) is 1. The maximum absolute atomic E-state index is 11.7. The van der Waals surface area contributed by atoms with Gasteiger partial charge in [0.1, 0.15) is 0 Å². The Hall–Kier alpha value is -1.46. The van der Waals surface area contributed by atoms with Crippen molar-refractivity contribution in [3.05, 3.63) is 29.6 Å². The molecule has 0 atom stereocenters. The molecular weight excluding hydrogens is 240 g/mol. The van der Waals surface area contributed by atoms with Gasteiger partial charge in [0.05, 0.1) is 12.2 Å². The number of rotatable bonds is 7. The molecule has 3 N–H and O–H groups in total. The number of pyridine rings is 1. The molecule has 1 heterocycles. The maximum Gasteiger partial charge on any atom is 0.234 e. The van der Waals surface area contributed by atoms with E-state index in [0.717, 1.165) is 11.3 Å². The fourth-order valence-corrected chi connectivity index (χ4v) is 1.76. The van der Waals surface area contributed by atoms with Crippen LogP contribution in [-0.4, -0.2) is 35.9 Å². The van der Waals surface area contributed by atoms with Crippen LogP contribution in [0.5, 0.6) is 0 Å². The normalized spacial score (nSPS) is 11.1. The lowest BCUT2D eigenvalue weighted by Crippen LogP contribution is -2.36. The van der Waals surface area contributed by atoms with Gasteiger partial charge in [-0.1, -0.05) is 19.9 Å². The van der Waals surface area contributed by atoms with Crippen molar-refractivity contribution in [2.75, 3.05) is 20.1 Å². The minimum absolute atomic E-state index is 0.0504. The molecule has 0 aromatic carbocycles. The average molecular weight is 264 g/mol. The van der Waals surface area contributed by atoms with Crippen molar-refractivity contribution in [2.24, 2.45) is 11.7 Å². The molecule has 0 saturated carbocycles. The van der Waals surface area contributed by atoms with Gasteiger partial charge < -0.3 is 11.1 Å². The number of nitrogens with zero attached hydrogens (tertiary/aromatic N) is 2. The molecule has 0 saturated heterocycles. The van der Waals surface area contributed by atoms with Crippen LogP contribution in [-0.2, 0) is 17.9 Å². The number of hydrogen-bond donors (Lipinski definition) is 2. The Bertz CT molecular complexity index is 406. The van der Waals surface area contributed by atoms with E-state index in [9.17, 15) is 4.79 Å². The zero-order chi connectivity index (χ0) is 14.3. The van der Waals surface area contributed by atoms with Gasteiger partial charge in [-0.05, 0) is 24.6 Å².